The lowest BCUT2D eigenvalue weighted by Crippen LogP contribution is -2.37. The van der Waals surface area contributed by atoms with Crippen LogP contribution in [0.5, 0.6) is 0 Å². The van der Waals surface area contributed by atoms with Crippen molar-refractivity contribution < 1.29 is 9.21 Å². The van der Waals surface area contributed by atoms with Crippen LogP contribution in [0.4, 0.5) is 0 Å². The number of nitrogens with two attached hydrogens (primary N) is 1. The summed E-state index contributed by atoms with van der Waals surface area (Å²) < 4.78 is 5.50. The molecule has 1 aromatic carbocycles. The fourth-order valence-electron chi connectivity index (χ4n) is 2.29. The Morgan fingerprint density at radius 1 is 1.42 bits per heavy atom. The van der Waals surface area contributed by atoms with Crippen LogP contribution < -0.4 is 11.1 Å². The molecule has 0 spiro atoms. The highest BCUT2D eigenvalue weighted by molar-refractivity contribution is 5.83. The molecular weight excluding hydrogens is 240 g/mol. The van der Waals surface area contributed by atoms with Gasteiger partial charge in [-0.2, -0.15) is 0 Å². The third kappa shape index (κ3) is 2.63. The van der Waals surface area contributed by atoms with Crippen LogP contribution in [0, 0.1) is 5.92 Å². The second-order valence-corrected chi connectivity index (χ2v) is 5.18. The number of benzene rings is 1. The van der Waals surface area contributed by atoms with Crippen LogP contribution in [0.1, 0.15) is 18.4 Å². The number of nitrogens with one attached hydrogen (secondary N) is 1. The van der Waals surface area contributed by atoms with Gasteiger partial charge in [-0.3, -0.25) is 4.79 Å². The Hall–Kier alpha value is -1.81. The van der Waals surface area contributed by atoms with Gasteiger partial charge in [0.25, 0.3) is 0 Å². The molecule has 1 atom stereocenters. The first kappa shape index (κ1) is 12.2. The van der Waals surface area contributed by atoms with E-state index in [1.807, 2.05) is 24.3 Å². The van der Waals surface area contributed by atoms with Gasteiger partial charge in [-0.25, -0.2) is 0 Å². The van der Waals surface area contributed by atoms with E-state index in [-0.39, 0.29) is 11.8 Å². The average Bonchev–Trinajstić information content (AvgIpc) is 3.15. The lowest BCUT2D eigenvalue weighted by Gasteiger charge is -2.13. The lowest BCUT2D eigenvalue weighted by atomic mass is 9.98. The Kier molecular flexibility index (Phi) is 3.25. The minimum Gasteiger partial charge on any atom is -0.464 e. The summed E-state index contributed by atoms with van der Waals surface area (Å²) in [4.78, 5) is 12.1. The van der Waals surface area contributed by atoms with Crippen molar-refractivity contribution in [2.45, 2.75) is 25.3 Å². The first-order chi connectivity index (χ1) is 9.28. The largest absolute Gasteiger partial charge is 0.464 e. The lowest BCUT2D eigenvalue weighted by molar-refractivity contribution is -0.124. The molecule has 1 unspecified atom stereocenters. The highest BCUT2D eigenvalue weighted by Gasteiger charge is 2.27. The summed E-state index contributed by atoms with van der Waals surface area (Å²) >= 11 is 0. The molecule has 19 heavy (non-hydrogen) atoms. The fourth-order valence-corrected chi connectivity index (χ4v) is 2.29. The summed E-state index contributed by atoms with van der Waals surface area (Å²) in [5.74, 6) is -0.114. The first-order valence-electron chi connectivity index (χ1n) is 6.73. The van der Waals surface area contributed by atoms with Crippen LogP contribution in [0.2, 0.25) is 0 Å². The summed E-state index contributed by atoms with van der Waals surface area (Å²) in [6, 6.07) is 8.24. The summed E-state index contributed by atoms with van der Waals surface area (Å²) in [5.41, 5.74) is 7.65. The maximum absolute atomic E-state index is 12.1. The molecule has 1 saturated carbocycles. The van der Waals surface area contributed by atoms with E-state index in [0.717, 1.165) is 29.4 Å². The van der Waals surface area contributed by atoms with E-state index in [1.165, 1.54) is 0 Å². The third-order valence-corrected chi connectivity index (χ3v) is 3.61. The zero-order chi connectivity index (χ0) is 13.2. The van der Waals surface area contributed by atoms with E-state index >= 15 is 0 Å². The molecule has 0 radical (unpaired) electrons. The maximum Gasteiger partial charge on any atom is 0.224 e. The van der Waals surface area contributed by atoms with Crippen molar-refractivity contribution in [3.8, 4) is 0 Å². The van der Waals surface area contributed by atoms with Crippen molar-refractivity contribution in [1.82, 2.24) is 5.32 Å². The molecule has 1 amide bonds. The number of carbonyl (C=O) groups excluding carboxylic acids is 1. The van der Waals surface area contributed by atoms with Gasteiger partial charge >= 0.3 is 0 Å². The van der Waals surface area contributed by atoms with Gasteiger partial charge in [-0.05, 0) is 30.9 Å². The highest BCUT2D eigenvalue weighted by Crippen LogP contribution is 2.24. The van der Waals surface area contributed by atoms with Crippen molar-refractivity contribution in [3.05, 3.63) is 36.1 Å². The second-order valence-electron chi connectivity index (χ2n) is 5.18. The van der Waals surface area contributed by atoms with E-state index in [0.29, 0.717) is 19.0 Å². The Bertz CT molecular complexity index is 587. The maximum atomic E-state index is 12.1. The molecule has 1 fully saturated rings. The summed E-state index contributed by atoms with van der Waals surface area (Å²) in [7, 11) is 0. The van der Waals surface area contributed by atoms with Crippen LogP contribution in [-0.4, -0.2) is 18.5 Å². The second kappa shape index (κ2) is 5.05. The average molecular weight is 258 g/mol. The van der Waals surface area contributed by atoms with E-state index in [2.05, 4.69) is 5.32 Å². The fraction of sp³-hybridized carbons (Fsp3) is 0.400. The highest BCUT2D eigenvalue weighted by atomic mass is 16.3. The Morgan fingerprint density at radius 3 is 2.95 bits per heavy atom. The quantitative estimate of drug-likeness (QED) is 0.859. The van der Waals surface area contributed by atoms with Crippen molar-refractivity contribution in [2.75, 3.05) is 6.54 Å². The van der Waals surface area contributed by atoms with E-state index < -0.39 is 0 Å². The Balaban J connectivity index is 1.76. The Morgan fingerprint density at radius 2 is 2.21 bits per heavy atom. The molecule has 100 valence electrons. The summed E-state index contributed by atoms with van der Waals surface area (Å²) in [6.45, 7) is 0.359. The smallest absolute Gasteiger partial charge is 0.224 e. The number of carbonyl (C=O) groups is 1. The van der Waals surface area contributed by atoms with Crippen LogP contribution in [-0.2, 0) is 11.2 Å². The molecular formula is C15H18N2O2. The van der Waals surface area contributed by atoms with Gasteiger partial charge in [0.05, 0.1) is 12.2 Å². The van der Waals surface area contributed by atoms with Gasteiger partial charge in [0.1, 0.15) is 5.58 Å². The number of para-hydroxylation sites is 1. The van der Waals surface area contributed by atoms with Gasteiger partial charge in [0, 0.05) is 18.0 Å². The van der Waals surface area contributed by atoms with Crippen LogP contribution in [0.3, 0.4) is 0 Å². The molecule has 2 aromatic rings. The number of rotatable bonds is 5. The molecule has 0 aliphatic heterocycles. The number of hydrogen-bond acceptors (Lipinski definition) is 3. The number of hydrogen-bond donors (Lipinski definition) is 2. The molecule has 1 aromatic heterocycles. The number of amides is 1. The van der Waals surface area contributed by atoms with Gasteiger partial charge in [0.15, 0.2) is 0 Å². The van der Waals surface area contributed by atoms with E-state index in [4.69, 9.17) is 10.2 Å². The molecule has 0 saturated heterocycles. The molecule has 3 N–H and O–H groups in total. The first-order valence-corrected chi connectivity index (χ1v) is 6.73. The number of fused-ring (bicyclic) bond motifs is 1. The molecule has 1 aliphatic rings. The van der Waals surface area contributed by atoms with Crippen molar-refractivity contribution >= 4 is 16.9 Å². The predicted molar refractivity (Wildman–Crippen MR) is 73.6 cm³/mol. The normalized spacial score (nSPS) is 16.5. The van der Waals surface area contributed by atoms with Crippen LogP contribution in [0.25, 0.3) is 11.0 Å². The molecule has 1 heterocycles. The molecule has 4 heteroatoms. The molecule has 1 aliphatic carbocycles. The monoisotopic (exact) mass is 258 g/mol. The van der Waals surface area contributed by atoms with Crippen LogP contribution >= 0.6 is 0 Å². The molecule has 3 rings (SSSR count). The molecule has 0 bridgehead atoms. The van der Waals surface area contributed by atoms with Gasteiger partial charge in [-0.1, -0.05) is 18.2 Å². The zero-order valence-electron chi connectivity index (χ0n) is 10.8. The van der Waals surface area contributed by atoms with E-state index in [1.54, 1.807) is 6.26 Å². The van der Waals surface area contributed by atoms with Gasteiger partial charge < -0.3 is 15.5 Å². The van der Waals surface area contributed by atoms with Crippen molar-refractivity contribution in [3.63, 3.8) is 0 Å². The SMILES string of the molecule is NCC(Cc1coc2ccccc12)C(=O)NC1CC1. The molecule has 4 nitrogen and oxygen atoms in total. The Labute approximate surface area is 112 Å². The minimum atomic E-state index is -0.179. The summed E-state index contributed by atoms with van der Waals surface area (Å²) in [6.07, 6.45) is 4.55. The van der Waals surface area contributed by atoms with E-state index in [9.17, 15) is 4.79 Å². The number of furan rings is 1. The van der Waals surface area contributed by atoms with Gasteiger partial charge in [0.2, 0.25) is 5.91 Å². The van der Waals surface area contributed by atoms with Crippen molar-refractivity contribution in [2.24, 2.45) is 11.7 Å². The zero-order valence-corrected chi connectivity index (χ0v) is 10.8. The van der Waals surface area contributed by atoms with Gasteiger partial charge in [-0.15, -0.1) is 0 Å². The topological polar surface area (TPSA) is 68.3 Å². The minimum absolute atomic E-state index is 0.0651. The standard InChI is InChI=1S/C15H18N2O2/c16-8-10(15(18)17-12-5-6-12)7-11-9-19-14-4-2-1-3-13(11)14/h1-4,9-10,12H,5-8,16H2,(H,17,18). The van der Waals surface area contributed by atoms with Crippen LogP contribution in [0.15, 0.2) is 34.9 Å². The third-order valence-electron chi connectivity index (χ3n) is 3.61. The van der Waals surface area contributed by atoms with Crippen molar-refractivity contribution in [1.29, 1.82) is 0 Å². The predicted octanol–water partition coefficient (Wildman–Crippen LogP) is 1.83. The summed E-state index contributed by atoms with van der Waals surface area (Å²) in [5, 5.41) is 4.09.